The minimum absolute atomic E-state index is 0.168. The van der Waals surface area contributed by atoms with E-state index in [1.807, 2.05) is 24.3 Å². The summed E-state index contributed by atoms with van der Waals surface area (Å²) < 4.78 is 1.71. The van der Waals surface area contributed by atoms with Crippen molar-refractivity contribution >= 4 is 29.2 Å². The second-order valence-electron chi connectivity index (χ2n) is 4.88. The SMILES string of the molecule is CCCn1cnc(NC(=O)Cc2[nH]nc3ccccc23)n1.O=CO. The fourth-order valence-electron chi connectivity index (χ4n) is 2.17. The molecule has 0 fully saturated rings. The van der Waals surface area contributed by atoms with Gasteiger partial charge >= 0.3 is 0 Å². The lowest BCUT2D eigenvalue weighted by Crippen LogP contribution is -2.16. The predicted octanol–water partition coefficient (Wildman–Crippen LogP) is 1.45. The molecule has 0 spiro atoms. The number of aromatic amines is 1. The van der Waals surface area contributed by atoms with Gasteiger partial charge in [0, 0.05) is 11.9 Å². The Hall–Kier alpha value is -3.23. The third-order valence-corrected chi connectivity index (χ3v) is 3.12. The molecule has 9 nitrogen and oxygen atoms in total. The van der Waals surface area contributed by atoms with Gasteiger partial charge in [-0.1, -0.05) is 25.1 Å². The minimum atomic E-state index is -0.250. The molecule has 0 aliphatic carbocycles. The van der Waals surface area contributed by atoms with Crippen LogP contribution in [-0.2, 0) is 22.6 Å². The number of benzene rings is 1. The van der Waals surface area contributed by atoms with Gasteiger partial charge in [-0.05, 0) is 12.5 Å². The Morgan fingerprint density at radius 2 is 2.17 bits per heavy atom. The standard InChI is InChI=1S/C14H16N6O.CH2O2/c1-2-7-20-9-15-14(19-20)16-13(21)8-12-10-5-3-4-6-11(10)17-18-12;2-1-3/h3-6,9H,2,7-8H2,1H3,(H,17,18)(H,16,19,21);1H,(H,2,3). The van der Waals surface area contributed by atoms with Crippen LogP contribution in [0.4, 0.5) is 5.95 Å². The lowest BCUT2D eigenvalue weighted by atomic mass is 10.1. The van der Waals surface area contributed by atoms with Gasteiger partial charge in [0.25, 0.3) is 6.47 Å². The van der Waals surface area contributed by atoms with Crippen molar-refractivity contribution in [3.05, 3.63) is 36.3 Å². The number of H-pyrrole nitrogens is 1. The summed E-state index contributed by atoms with van der Waals surface area (Å²) in [6.45, 7) is 2.59. The number of nitrogens with one attached hydrogen (secondary N) is 2. The van der Waals surface area contributed by atoms with Gasteiger partial charge in [-0.2, -0.15) is 5.10 Å². The topological polar surface area (TPSA) is 126 Å². The zero-order valence-corrected chi connectivity index (χ0v) is 13.1. The number of rotatable bonds is 5. The van der Waals surface area contributed by atoms with Crippen LogP contribution < -0.4 is 5.32 Å². The van der Waals surface area contributed by atoms with Gasteiger partial charge in [-0.15, -0.1) is 5.10 Å². The Morgan fingerprint density at radius 3 is 2.92 bits per heavy atom. The zero-order chi connectivity index (χ0) is 17.4. The number of hydrogen-bond donors (Lipinski definition) is 3. The fourth-order valence-corrected chi connectivity index (χ4v) is 2.17. The first-order chi connectivity index (χ1) is 11.7. The van der Waals surface area contributed by atoms with Crippen LogP contribution in [0.1, 0.15) is 19.0 Å². The highest BCUT2D eigenvalue weighted by atomic mass is 16.3. The molecular formula is C15H18N6O3. The first-order valence-electron chi connectivity index (χ1n) is 7.37. The summed E-state index contributed by atoms with van der Waals surface area (Å²) in [4.78, 5) is 24.5. The lowest BCUT2D eigenvalue weighted by Gasteiger charge is -2.00. The van der Waals surface area contributed by atoms with Crippen LogP contribution in [-0.4, -0.2) is 42.4 Å². The van der Waals surface area contributed by atoms with E-state index < -0.39 is 0 Å². The van der Waals surface area contributed by atoms with E-state index in [0.717, 1.165) is 29.6 Å². The van der Waals surface area contributed by atoms with E-state index in [-0.39, 0.29) is 18.8 Å². The number of anilines is 1. The van der Waals surface area contributed by atoms with Crippen molar-refractivity contribution in [2.75, 3.05) is 5.32 Å². The Bertz CT molecular complexity index is 810. The van der Waals surface area contributed by atoms with Crippen molar-refractivity contribution < 1.29 is 14.7 Å². The van der Waals surface area contributed by atoms with Crippen molar-refractivity contribution in [1.29, 1.82) is 0 Å². The highest BCUT2D eigenvalue weighted by Gasteiger charge is 2.11. The molecule has 24 heavy (non-hydrogen) atoms. The number of aromatic nitrogens is 5. The number of hydrogen-bond acceptors (Lipinski definition) is 5. The number of carbonyl (C=O) groups is 2. The van der Waals surface area contributed by atoms with Crippen molar-refractivity contribution in [1.82, 2.24) is 25.0 Å². The predicted molar refractivity (Wildman–Crippen MR) is 87.4 cm³/mol. The second-order valence-corrected chi connectivity index (χ2v) is 4.88. The molecule has 0 aliphatic heterocycles. The summed E-state index contributed by atoms with van der Waals surface area (Å²) in [6, 6.07) is 7.68. The number of fused-ring (bicyclic) bond motifs is 1. The Morgan fingerprint density at radius 1 is 1.42 bits per heavy atom. The zero-order valence-electron chi connectivity index (χ0n) is 13.1. The summed E-state index contributed by atoms with van der Waals surface area (Å²) >= 11 is 0. The molecule has 3 N–H and O–H groups in total. The molecule has 1 amide bonds. The van der Waals surface area contributed by atoms with Gasteiger partial charge in [0.15, 0.2) is 0 Å². The number of carboxylic acid groups (broad SMARTS) is 1. The molecule has 0 aliphatic rings. The second kappa shape index (κ2) is 8.42. The maximum absolute atomic E-state index is 12.0. The maximum Gasteiger partial charge on any atom is 0.290 e. The van der Waals surface area contributed by atoms with Crippen molar-refractivity contribution in [3.8, 4) is 0 Å². The molecule has 126 valence electrons. The Labute approximate surface area is 137 Å². The van der Waals surface area contributed by atoms with E-state index in [4.69, 9.17) is 9.90 Å². The monoisotopic (exact) mass is 330 g/mol. The summed E-state index contributed by atoms with van der Waals surface area (Å²) in [5.41, 5.74) is 1.64. The maximum atomic E-state index is 12.0. The molecule has 2 heterocycles. The van der Waals surface area contributed by atoms with Crippen molar-refractivity contribution in [3.63, 3.8) is 0 Å². The summed E-state index contributed by atoms with van der Waals surface area (Å²) in [7, 11) is 0. The van der Waals surface area contributed by atoms with Gasteiger partial charge < -0.3 is 5.11 Å². The Balaban J connectivity index is 0.000000647. The van der Waals surface area contributed by atoms with Crippen LogP contribution in [0.3, 0.4) is 0 Å². The highest BCUT2D eigenvalue weighted by Crippen LogP contribution is 2.15. The van der Waals surface area contributed by atoms with Crippen LogP contribution in [0.5, 0.6) is 0 Å². The van der Waals surface area contributed by atoms with Crippen LogP contribution >= 0.6 is 0 Å². The molecule has 1 aromatic carbocycles. The average Bonchev–Trinajstić information content (AvgIpc) is 3.16. The molecule has 2 aromatic heterocycles. The molecule has 0 saturated carbocycles. The number of nitrogens with zero attached hydrogens (tertiary/aromatic N) is 4. The summed E-state index contributed by atoms with van der Waals surface area (Å²) in [5.74, 6) is 0.163. The average molecular weight is 330 g/mol. The number of carbonyl (C=O) groups excluding carboxylic acids is 1. The van der Waals surface area contributed by atoms with Gasteiger partial charge in [0.1, 0.15) is 6.33 Å². The molecule has 0 radical (unpaired) electrons. The Kier molecular flexibility index (Phi) is 6.01. The van der Waals surface area contributed by atoms with Gasteiger partial charge in [-0.3, -0.25) is 24.7 Å². The quantitative estimate of drug-likeness (QED) is 0.608. The third kappa shape index (κ3) is 4.38. The van der Waals surface area contributed by atoms with E-state index in [2.05, 4.69) is 32.5 Å². The third-order valence-electron chi connectivity index (χ3n) is 3.12. The largest absolute Gasteiger partial charge is 0.483 e. The normalized spacial score (nSPS) is 10.0. The van der Waals surface area contributed by atoms with Crippen molar-refractivity contribution in [2.24, 2.45) is 0 Å². The molecule has 0 saturated heterocycles. The van der Waals surface area contributed by atoms with Crippen LogP contribution in [0.15, 0.2) is 30.6 Å². The fraction of sp³-hybridized carbons (Fsp3) is 0.267. The smallest absolute Gasteiger partial charge is 0.290 e. The van der Waals surface area contributed by atoms with E-state index in [9.17, 15) is 4.79 Å². The molecule has 0 unspecified atom stereocenters. The molecule has 0 bridgehead atoms. The molecule has 3 rings (SSSR count). The van der Waals surface area contributed by atoms with Crippen LogP contribution in [0, 0.1) is 0 Å². The lowest BCUT2D eigenvalue weighted by molar-refractivity contribution is -0.123. The van der Waals surface area contributed by atoms with E-state index >= 15 is 0 Å². The number of aryl methyl sites for hydroxylation is 1. The minimum Gasteiger partial charge on any atom is -0.483 e. The first kappa shape index (κ1) is 17.1. The van der Waals surface area contributed by atoms with E-state index in [1.54, 1.807) is 11.0 Å². The molecule has 0 atom stereocenters. The summed E-state index contributed by atoms with van der Waals surface area (Å²) in [5, 5.41) is 21.8. The van der Waals surface area contributed by atoms with Gasteiger partial charge in [0.2, 0.25) is 11.9 Å². The number of para-hydroxylation sites is 1. The van der Waals surface area contributed by atoms with E-state index in [0.29, 0.717) is 5.95 Å². The van der Waals surface area contributed by atoms with Crippen molar-refractivity contribution in [2.45, 2.75) is 26.3 Å². The van der Waals surface area contributed by atoms with Crippen LogP contribution in [0.2, 0.25) is 0 Å². The molecular weight excluding hydrogens is 312 g/mol. The van der Waals surface area contributed by atoms with Gasteiger partial charge in [0.05, 0.1) is 17.6 Å². The van der Waals surface area contributed by atoms with Gasteiger partial charge in [-0.25, -0.2) is 4.98 Å². The molecule has 9 heteroatoms. The van der Waals surface area contributed by atoms with E-state index in [1.165, 1.54) is 0 Å². The highest BCUT2D eigenvalue weighted by molar-refractivity contribution is 5.93. The summed E-state index contributed by atoms with van der Waals surface area (Å²) in [6.07, 6.45) is 2.80. The first-order valence-corrected chi connectivity index (χ1v) is 7.37. The molecule has 3 aromatic rings. The number of amides is 1. The van der Waals surface area contributed by atoms with Crippen LogP contribution in [0.25, 0.3) is 10.9 Å².